The van der Waals surface area contributed by atoms with Crippen LogP contribution in [0.25, 0.3) is 0 Å². The minimum absolute atomic E-state index is 0.0882. The molecule has 1 aromatic rings. The summed E-state index contributed by atoms with van der Waals surface area (Å²) in [4.78, 5) is 18.9. The molecule has 3 rings (SSSR count). The Hall–Kier alpha value is -1.63. The van der Waals surface area contributed by atoms with Crippen molar-refractivity contribution in [1.82, 2.24) is 20.4 Å². The molecule has 134 valence electrons. The molecule has 0 unspecified atom stereocenters. The van der Waals surface area contributed by atoms with Crippen LogP contribution in [0.5, 0.6) is 0 Å². The molecule has 2 amide bonds. The van der Waals surface area contributed by atoms with Crippen LogP contribution in [0.3, 0.4) is 0 Å². The van der Waals surface area contributed by atoms with Crippen LogP contribution in [0.2, 0.25) is 0 Å². The highest BCUT2D eigenvalue weighted by Gasteiger charge is 2.41. The molecule has 1 spiro atoms. The fourth-order valence-corrected chi connectivity index (χ4v) is 3.20. The molecule has 1 aliphatic carbocycles. The maximum atomic E-state index is 12.6. The minimum atomic E-state index is -0.317. The normalized spacial score (nSPS) is 21.9. The largest absolute Gasteiger partial charge is 0.379 e. The summed E-state index contributed by atoms with van der Waals surface area (Å²) < 4.78 is 11.0. The lowest BCUT2D eigenvalue weighted by atomic mass is 9.69. The lowest BCUT2D eigenvalue weighted by Crippen LogP contribution is -2.49. The third kappa shape index (κ3) is 3.55. The Morgan fingerprint density at radius 1 is 1.38 bits per heavy atom. The molecule has 1 saturated heterocycles. The minimum Gasteiger partial charge on any atom is -0.379 e. The SMILES string of the molecule is C[C@H](NC(=O)N1CCOCC2(CCC2)C1)c1nc(C(C)(C)C)no1. The van der Waals surface area contributed by atoms with Crippen LogP contribution < -0.4 is 5.32 Å². The van der Waals surface area contributed by atoms with Gasteiger partial charge in [0, 0.05) is 23.9 Å². The maximum absolute atomic E-state index is 12.6. The van der Waals surface area contributed by atoms with Gasteiger partial charge in [-0.3, -0.25) is 0 Å². The molecular weight excluding hydrogens is 308 g/mol. The van der Waals surface area contributed by atoms with Crippen LogP contribution >= 0.6 is 0 Å². The molecular formula is C17H28N4O3. The summed E-state index contributed by atoms with van der Waals surface area (Å²) in [5, 5.41) is 7.00. The molecule has 1 N–H and O–H groups in total. The molecule has 1 saturated carbocycles. The number of hydrogen-bond donors (Lipinski definition) is 1. The highest BCUT2D eigenvalue weighted by atomic mass is 16.5. The van der Waals surface area contributed by atoms with Crippen molar-refractivity contribution < 1.29 is 14.1 Å². The molecule has 1 atom stereocenters. The van der Waals surface area contributed by atoms with E-state index in [-0.39, 0.29) is 22.9 Å². The monoisotopic (exact) mass is 336 g/mol. The number of urea groups is 1. The summed E-state index contributed by atoms with van der Waals surface area (Å²) in [5.41, 5.74) is -0.00875. The number of carbonyl (C=O) groups excluding carboxylic acids is 1. The number of ether oxygens (including phenoxy) is 1. The van der Waals surface area contributed by atoms with Gasteiger partial charge in [0.05, 0.1) is 13.2 Å². The van der Waals surface area contributed by atoms with Crippen LogP contribution in [0, 0.1) is 5.41 Å². The predicted molar refractivity (Wildman–Crippen MR) is 88.6 cm³/mol. The van der Waals surface area contributed by atoms with E-state index in [0.717, 1.165) is 26.0 Å². The lowest BCUT2D eigenvalue weighted by Gasteiger charge is -2.42. The van der Waals surface area contributed by atoms with E-state index in [4.69, 9.17) is 9.26 Å². The second-order valence-corrected chi connectivity index (χ2v) is 8.21. The van der Waals surface area contributed by atoms with Gasteiger partial charge in [-0.15, -0.1) is 0 Å². The third-order valence-corrected chi connectivity index (χ3v) is 4.96. The number of nitrogens with one attached hydrogen (secondary N) is 1. The van der Waals surface area contributed by atoms with Crippen LogP contribution in [-0.4, -0.2) is 47.4 Å². The Kier molecular flexibility index (Phi) is 4.55. The van der Waals surface area contributed by atoms with Crippen molar-refractivity contribution in [2.75, 3.05) is 26.3 Å². The fraction of sp³-hybridized carbons (Fsp3) is 0.824. The zero-order valence-corrected chi connectivity index (χ0v) is 15.1. The first-order valence-corrected chi connectivity index (χ1v) is 8.76. The number of aromatic nitrogens is 2. The van der Waals surface area contributed by atoms with Crippen molar-refractivity contribution in [3.8, 4) is 0 Å². The zero-order chi connectivity index (χ0) is 17.4. The Balaban J connectivity index is 1.62. The quantitative estimate of drug-likeness (QED) is 0.898. The van der Waals surface area contributed by atoms with E-state index >= 15 is 0 Å². The molecule has 7 heteroatoms. The number of hydrogen-bond acceptors (Lipinski definition) is 5. The molecule has 2 fully saturated rings. The van der Waals surface area contributed by atoms with Gasteiger partial charge < -0.3 is 19.5 Å². The van der Waals surface area contributed by atoms with Crippen molar-refractivity contribution in [3.63, 3.8) is 0 Å². The van der Waals surface area contributed by atoms with E-state index in [9.17, 15) is 4.79 Å². The van der Waals surface area contributed by atoms with E-state index in [1.54, 1.807) is 0 Å². The van der Waals surface area contributed by atoms with Gasteiger partial charge in [0.25, 0.3) is 0 Å². The van der Waals surface area contributed by atoms with Crippen molar-refractivity contribution >= 4 is 6.03 Å². The smallest absolute Gasteiger partial charge is 0.318 e. The summed E-state index contributed by atoms with van der Waals surface area (Å²) in [7, 11) is 0. The summed E-state index contributed by atoms with van der Waals surface area (Å²) >= 11 is 0. The van der Waals surface area contributed by atoms with Crippen LogP contribution in [0.15, 0.2) is 4.52 Å². The van der Waals surface area contributed by atoms with Gasteiger partial charge in [0.2, 0.25) is 5.89 Å². The summed E-state index contributed by atoms with van der Waals surface area (Å²) in [6.07, 6.45) is 3.52. The van der Waals surface area contributed by atoms with E-state index in [1.807, 2.05) is 32.6 Å². The van der Waals surface area contributed by atoms with Crippen molar-refractivity contribution in [3.05, 3.63) is 11.7 Å². The maximum Gasteiger partial charge on any atom is 0.318 e. The molecule has 0 bridgehead atoms. The molecule has 2 heterocycles. The van der Waals surface area contributed by atoms with Gasteiger partial charge in [-0.2, -0.15) is 4.98 Å². The molecule has 2 aliphatic rings. The Morgan fingerprint density at radius 2 is 2.12 bits per heavy atom. The average Bonchev–Trinajstić information content (AvgIpc) is 2.85. The number of nitrogens with zero attached hydrogens (tertiary/aromatic N) is 3. The predicted octanol–water partition coefficient (Wildman–Crippen LogP) is 2.64. The van der Waals surface area contributed by atoms with Gasteiger partial charge in [0.15, 0.2) is 5.82 Å². The molecule has 1 aromatic heterocycles. The van der Waals surface area contributed by atoms with Crippen molar-refractivity contribution in [1.29, 1.82) is 0 Å². The molecule has 1 aliphatic heterocycles. The second-order valence-electron chi connectivity index (χ2n) is 8.21. The van der Waals surface area contributed by atoms with Gasteiger partial charge in [0.1, 0.15) is 6.04 Å². The van der Waals surface area contributed by atoms with Crippen molar-refractivity contribution in [2.45, 2.75) is 58.4 Å². The number of amides is 2. The summed E-state index contributed by atoms with van der Waals surface area (Å²) in [6.45, 7) is 10.7. The van der Waals surface area contributed by atoms with Gasteiger partial charge in [-0.1, -0.05) is 32.3 Å². The summed E-state index contributed by atoms with van der Waals surface area (Å²) in [5.74, 6) is 1.09. The first-order valence-electron chi connectivity index (χ1n) is 8.76. The van der Waals surface area contributed by atoms with Gasteiger partial charge in [-0.25, -0.2) is 4.79 Å². The first kappa shape index (κ1) is 17.2. The molecule has 24 heavy (non-hydrogen) atoms. The zero-order valence-electron chi connectivity index (χ0n) is 15.1. The highest BCUT2D eigenvalue weighted by Crippen LogP contribution is 2.42. The van der Waals surface area contributed by atoms with Gasteiger partial charge >= 0.3 is 6.03 Å². The average molecular weight is 336 g/mol. The van der Waals surface area contributed by atoms with E-state index < -0.39 is 0 Å². The van der Waals surface area contributed by atoms with Crippen LogP contribution in [0.4, 0.5) is 4.79 Å². The first-order chi connectivity index (χ1) is 11.3. The van der Waals surface area contributed by atoms with Crippen LogP contribution in [0.1, 0.15) is 64.7 Å². The standard InChI is InChI=1S/C17H28N4O3/c1-12(13-19-14(20-24-13)16(2,3)4)18-15(22)21-8-9-23-11-17(10-21)6-5-7-17/h12H,5-11H2,1-4H3,(H,18,22)/t12-/m0/s1. The lowest BCUT2D eigenvalue weighted by molar-refractivity contribution is 0.0125. The second kappa shape index (κ2) is 6.35. The Labute approximate surface area is 143 Å². The van der Waals surface area contributed by atoms with Crippen molar-refractivity contribution in [2.24, 2.45) is 5.41 Å². The fourth-order valence-electron chi connectivity index (χ4n) is 3.20. The third-order valence-electron chi connectivity index (χ3n) is 4.96. The Bertz CT molecular complexity index is 589. The van der Waals surface area contributed by atoms with E-state index in [0.29, 0.717) is 24.9 Å². The number of carbonyl (C=O) groups is 1. The summed E-state index contributed by atoms with van der Waals surface area (Å²) in [6, 6.07) is -0.405. The van der Waals surface area contributed by atoms with E-state index in [1.165, 1.54) is 6.42 Å². The highest BCUT2D eigenvalue weighted by molar-refractivity contribution is 5.74. The molecule has 0 radical (unpaired) electrons. The molecule has 0 aromatic carbocycles. The van der Waals surface area contributed by atoms with E-state index in [2.05, 4.69) is 15.5 Å². The van der Waals surface area contributed by atoms with Crippen LogP contribution in [-0.2, 0) is 10.2 Å². The molecule has 7 nitrogen and oxygen atoms in total. The Morgan fingerprint density at radius 3 is 2.71 bits per heavy atom. The van der Waals surface area contributed by atoms with Gasteiger partial charge in [-0.05, 0) is 19.8 Å². The topological polar surface area (TPSA) is 80.5 Å². The number of rotatable bonds is 2.